The topological polar surface area (TPSA) is 67.2 Å². The van der Waals surface area contributed by atoms with Crippen LogP contribution in [0.1, 0.15) is 12.5 Å². The van der Waals surface area contributed by atoms with Gasteiger partial charge >= 0.3 is 0 Å². The van der Waals surface area contributed by atoms with Crippen LogP contribution >= 0.6 is 0 Å². The minimum absolute atomic E-state index is 0.122. The van der Waals surface area contributed by atoms with Gasteiger partial charge in [0.2, 0.25) is 0 Å². The number of benzene rings is 1. The van der Waals surface area contributed by atoms with Crippen LogP contribution in [0.2, 0.25) is 0 Å². The third kappa shape index (κ3) is 3.51. The van der Waals surface area contributed by atoms with E-state index in [1.165, 1.54) is 6.07 Å². The van der Waals surface area contributed by atoms with Crippen LogP contribution in [0.3, 0.4) is 0 Å². The van der Waals surface area contributed by atoms with Crippen LogP contribution in [0.4, 0.5) is 11.4 Å². The molecule has 1 aromatic rings. The van der Waals surface area contributed by atoms with Gasteiger partial charge in [0, 0.05) is 30.9 Å². The van der Waals surface area contributed by atoms with E-state index in [0.29, 0.717) is 0 Å². The van der Waals surface area contributed by atoms with Crippen molar-refractivity contribution in [1.29, 1.82) is 0 Å². The second-order valence-corrected chi connectivity index (χ2v) is 3.54. The molecule has 0 saturated heterocycles. The van der Waals surface area contributed by atoms with Gasteiger partial charge in [0.05, 0.1) is 4.92 Å². The monoisotopic (exact) mass is 223 g/mol. The van der Waals surface area contributed by atoms with E-state index in [0.717, 1.165) is 30.9 Å². The Bertz CT molecular complexity index is 366. The second-order valence-electron chi connectivity index (χ2n) is 3.54. The summed E-state index contributed by atoms with van der Waals surface area (Å²) in [6.45, 7) is 6.50. The Morgan fingerprint density at radius 2 is 2.12 bits per heavy atom. The number of anilines is 1. The number of nitrogens with one attached hydrogen (secondary N) is 2. The van der Waals surface area contributed by atoms with E-state index in [4.69, 9.17) is 0 Å². The number of nitrogens with zero attached hydrogens (tertiary/aromatic N) is 1. The van der Waals surface area contributed by atoms with Gasteiger partial charge in [-0.2, -0.15) is 0 Å². The summed E-state index contributed by atoms with van der Waals surface area (Å²) in [5.74, 6) is 0. The lowest BCUT2D eigenvalue weighted by molar-refractivity contribution is -0.384. The van der Waals surface area contributed by atoms with Gasteiger partial charge in [-0.1, -0.05) is 13.0 Å². The highest BCUT2D eigenvalue weighted by Gasteiger charge is 2.07. The molecule has 16 heavy (non-hydrogen) atoms. The smallest absolute Gasteiger partial charge is 0.271 e. The van der Waals surface area contributed by atoms with Crippen LogP contribution in [0, 0.1) is 17.0 Å². The third-order valence-electron chi connectivity index (χ3n) is 2.30. The summed E-state index contributed by atoms with van der Waals surface area (Å²) in [6, 6.07) is 4.85. The van der Waals surface area contributed by atoms with Crippen molar-refractivity contribution < 1.29 is 4.92 Å². The van der Waals surface area contributed by atoms with Crippen molar-refractivity contribution >= 4 is 11.4 Å². The highest BCUT2D eigenvalue weighted by atomic mass is 16.6. The van der Waals surface area contributed by atoms with Crippen LogP contribution in [0.15, 0.2) is 18.2 Å². The number of non-ortho nitro benzene ring substituents is 1. The number of rotatable bonds is 6. The fraction of sp³-hybridized carbons (Fsp3) is 0.455. The lowest BCUT2D eigenvalue weighted by atomic mass is 10.2. The highest BCUT2D eigenvalue weighted by molar-refractivity contribution is 5.56. The number of aryl methyl sites for hydroxylation is 1. The summed E-state index contributed by atoms with van der Waals surface area (Å²) >= 11 is 0. The molecule has 0 aliphatic rings. The third-order valence-corrected chi connectivity index (χ3v) is 2.30. The Balaban J connectivity index is 2.63. The van der Waals surface area contributed by atoms with Gasteiger partial charge in [-0.05, 0) is 19.0 Å². The van der Waals surface area contributed by atoms with Gasteiger partial charge < -0.3 is 10.6 Å². The fourth-order valence-electron chi connectivity index (χ4n) is 1.38. The summed E-state index contributed by atoms with van der Waals surface area (Å²) in [6.07, 6.45) is 0. The van der Waals surface area contributed by atoms with Crippen LogP contribution < -0.4 is 10.6 Å². The van der Waals surface area contributed by atoms with Gasteiger partial charge in [-0.15, -0.1) is 0 Å². The molecule has 0 fully saturated rings. The highest BCUT2D eigenvalue weighted by Crippen LogP contribution is 2.21. The van der Waals surface area contributed by atoms with Gasteiger partial charge in [0.25, 0.3) is 5.69 Å². The van der Waals surface area contributed by atoms with Gasteiger partial charge in [0.1, 0.15) is 0 Å². The molecule has 0 heterocycles. The normalized spacial score (nSPS) is 10.1. The first-order valence-electron chi connectivity index (χ1n) is 5.34. The molecule has 0 bridgehead atoms. The molecule has 5 nitrogen and oxygen atoms in total. The number of nitro groups is 1. The van der Waals surface area contributed by atoms with Crippen molar-refractivity contribution in [3.8, 4) is 0 Å². The lowest BCUT2D eigenvalue weighted by Gasteiger charge is -2.09. The molecule has 5 heteroatoms. The quantitative estimate of drug-likeness (QED) is 0.439. The van der Waals surface area contributed by atoms with Gasteiger partial charge in [-0.3, -0.25) is 10.1 Å². The molecule has 0 radical (unpaired) electrons. The van der Waals surface area contributed by atoms with E-state index in [2.05, 4.69) is 10.6 Å². The SMILES string of the molecule is CCNCCNc1cc([N+](=O)[O-])ccc1C. The Hall–Kier alpha value is -1.62. The standard InChI is InChI=1S/C11H17N3O2/c1-3-12-6-7-13-11-8-10(14(15)16)5-4-9(11)2/h4-5,8,12-13H,3,6-7H2,1-2H3. The first-order valence-corrected chi connectivity index (χ1v) is 5.34. The maximum absolute atomic E-state index is 10.6. The van der Waals surface area contributed by atoms with Gasteiger partial charge in [0.15, 0.2) is 0 Å². The van der Waals surface area contributed by atoms with E-state index in [-0.39, 0.29) is 10.6 Å². The van der Waals surface area contributed by atoms with Crippen molar-refractivity contribution in [3.63, 3.8) is 0 Å². The maximum Gasteiger partial charge on any atom is 0.271 e. The average molecular weight is 223 g/mol. The zero-order chi connectivity index (χ0) is 12.0. The van der Waals surface area contributed by atoms with E-state index in [9.17, 15) is 10.1 Å². The molecule has 0 saturated carbocycles. The lowest BCUT2D eigenvalue weighted by Crippen LogP contribution is -2.21. The minimum atomic E-state index is -0.380. The summed E-state index contributed by atoms with van der Waals surface area (Å²) < 4.78 is 0. The predicted octanol–water partition coefficient (Wildman–Crippen LogP) is 1.92. The molecular weight excluding hydrogens is 206 g/mol. The van der Waals surface area contributed by atoms with Crippen molar-refractivity contribution in [2.75, 3.05) is 25.0 Å². The maximum atomic E-state index is 10.6. The Morgan fingerprint density at radius 3 is 2.75 bits per heavy atom. The zero-order valence-electron chi connectivity index (χ0n) is 9.62. The van der Waals surface area contributed by atoms with Crippen LogP contribution in [0.25, 0.3) is 0 Å². The van der Waals surface area contributed by atoms with Gasteiger partial charge in [-0.25, -0.2) is 0 Å². The van der Waals surface area contributed by atoms with E-state index in [1.54, 1.807) is 12.1 Å². The van der Waals surface area contributed by atoms with Crippen molar-refractivity contribution in [3.05, 3.63) is 33.9 Å². The zero-order valence-corrected chi connectivity index (χ0v) is 9.62. The van der Waals surface area contributed by atoms with Crippen molar-refractivity contribution in [2.24, 2.45) is 0 Å². The molecule has 88 valence electrons. The minimum Gasteiger partial charge on any atom is -0.383 e. The summed E-state index contributed by atoms with van der Waals surface area (Å²) in [5, 5.41) is 17.0. The molecule has 0 spiro atoms. The van der Waals surface area contributed by atoms with E-state index in [1.807, 2.05) is 13.8 Å². The number of hydrogen-bond donors (Lipinski definition) is 2. The van der Waals surface area contributed by atoms with E-state index < -0.39 is 0 Å². The Labute approximate surface area is 95.0 Å². The number of hydrogen-bond acceptors (Lipinski definition) is 4. The number of likely N-dealkylation sites (N-methyl/N-ethyl adjacent to an activating group) is 1. The Morgan fingerprint density at radius 1 is 1.38 bits per heavy atom. The fourth-order valence-corrected chi connectivity index (χ4v) is 1.38. The average Bonchev–Trinajstić information content (AvgIpc) is 2.26. The summed E-state index contributed by atoms with van der Waals surface area (Å²) in [5.41, 5.74) is 1.96. The van der Waals surface area contributed by atoms with Crippen molar-refractivity contribution in [1.82, 2.24) is 5.32 Å². The summed E-state index contributed by atoms with van der Waals surface area (Å²) in [4.78, 5) is 10.2. The number of nitro benzene ring substituents is 1. The molecule has 0 aliphatic carbocycles. The first kappa shape index (κ1) is 12.4. The molecule has 0 aliphatic heterocycles. The molecule has 0 aromatic heterocycles. The van der Waals surface area contributed by atoms with Crippen LogP contribution in [0.5, 0.6) is 0 Å². The van der Waals surface area contributed by atoms with Crippen molar-refractivity contribution in [2.45, 2.75) is 13.8 Å². The molecular formula is C11H17N3O2. The second kappa shape index (κ2) is 6.07. The molecule has 1 rings (SSSR count). The largest absolute Gasteiger partial charge is 0.383 e. The Kier molecular flexibility index (Phi) is 4.72. The molecule has 2 N–H and O–H groups in total. The molecule has 1 aromatic carbocycles. The predicted molar refractivity (Wildman–Crippen MR) is 64.9 cm³/mol. The van der Waals surface area contributed by atoms with E-state index >= 15 is 0 Å². The molecule has 0 unspecified atom stereocenters. The molecule has 0 atom stereocenters. The van der Waals surface area contributed by atoms with Crippen LogP contribution in [-0.2, 0) is 0 Å². The summed E-state index contributed by atoms with van der Waals surface area (Å²) in [7, 11) is 0. The first-order chi connectivity index (χ1) is 7.65. The molecule has 0 amide bonds. The van der Waals surface area contributed by atoms with Crippen LogP contribution in [-0.4, -0.2) is 24.6 Å².